The molecule has 7 nitrogen and oxygen atoms in total. The maximum absolute atomic E-state index is 12.2. The zero-order valence-corrected chi connectivity index (χ0v) is 14.8. The number of carbonyl (C=O) groups is 1. The highest BCUT2D eigenvalue weighted by molar-refractivity contribution is 5.68. The van der Waals surface area contributed by atoms with E-state index in [0.717, 1.165) is 37.3 Å². The number of ether oxygens (including phenoxy) is 1. The van der Waals surface area contributed by atoms with E-state index in [1.165, 1.54) is 0 Å². The largest absolute Gasteiger partial charge is 0.444 e. The Morgan fingerprint density at radius 2 is 2.00 bits per heavy atom. The van der Waals surface area contributed by atoms with E-state index in [0.29, 0.717) is 0 Å². The summed E-state index contributed by atoms with van der Waals surface area (Å²) in [5.41, 5.74) is 1.47. The summed E-state index contributed by atoms with van der Waals surface area (Å²) in [5, 5.41) is 0. The molecule has 1 amide bonds. The molecule has 0 N–H and O–H groups in total. The molecule has 0 unspecified atom stereocenters. The minimum atomic E-state index is -0.460. The summed E-state index contributed by atoms with van der Waals surface area (Å²) in [6.07, 6.45) is 9.01. The van der Waals surface area contributed by atoms with Crippen molar-refractivity contribution < 1.29 is 9.53 Å². The van der Waals surface area contributed by atoms with Crippen LogP contribution in [0.1, 0.15) is 33.6 Å². The maximum Gasteiger partial charge on any atom is 0.410 e. The van der Waals surface area contributed by atoms with Crippen LogP contribution >= 0.6 is 0 Å². The lowest BCUT2D eigenvalue weighted by Crippen LogP contribution is -2.47. The van der Waals surface area contributed by atoms with Crippen LogP contribution in [0.5, 0.6) is 0 Å². The highest BCUT2D eigenvalue weighted by Crippen LogP contribution is 2.23. The smallest absolute Gasteiger partial charge is 0.410 e. The average Bonchev–Trinajstić information content (AvgIpc) is 3.00. The second-order valence-corrected chi connectivity index (χ2v) is 7.28. The number of nitrogens with zero attached hydrogens (tertiary/aromatic N) is 5. The number of hydrogen-bond donors (Lipinski definition) is 0. The van der Waals surface area contributed by atoms with Gasteiger partial charge in [-0.25, -0.2) is 14.8 Å². The first-order chi connectivity index (χ1) is 11.3. The van der Waals surface area contributed by atoms with E-state index in [4.69, 9.17) is 4.74 Å². The molecule has 130 valence electrons. The fourth-order valence-corrected chi connectivity index (χ4v) is 2.96. The van der Waals surface area contributed by atoms with Gasteiger partial charge in [-0.15, -0.1) is 0 Å². The summed E-state index contributed by atoms with van der Waals surface area (Å²) in [6.45, 7) is 7.45. The van der Waals surface area contributed by atoms with Crippen molar-refractivity contribution in [1.82, 2.24) is 19.3 Å². The van der Waals surface area contributed by atoms with Gasteiger partial charge in [0.25, 0.3) is 0 Å². The number of imidazole rings is 1. The lowest BCUT2D eigenvalue weighted by atomic mass is 10.0. The van der Waals surface area contributed by atoms with E-state index in [-0.39, 0.29) is 12.1 Å². The SMILES string of the molecule is CN(C(=O)OC(C)(C)C)C1CCN(c2cnc3cncn3c2)CC1. The molecule has 3 heterocycles. The highest BCUT2D eigenvalue weighted by Gasteiger charge is 2.28. The molecule has 1 aliphatic rings. The summed E-state index contributed by atoms with van der Waals surface area (Å²) < 4.78 is 7.38. The van der Waals surface area contributed by atoms with Crippen molar-refractivity contribution in [3.63, 3.8) is 0 Å². The van der Waals surface area contributed by atoms with Gasteiger partial charge in [0.05, 0.1) is 18.1 Å². The number of rotatable bonds is 2. The molecule has 0 spiro atoms. The third kappa shape index (κ3) is 3.60. The summed E-state index contributed by atoms with van der Waals surface area (Å²) in [5.74, 6) is 0. The first kappa shape index (κ1) is 16.5. The Hall–Kier alpha value is -2.31. The molecule has 0 radical (unpaired) electrons. The Labute approximate surface area is 142 Å². The fourth-order valence-electron chi connectivity index (χ4n) is 2.96. The predicted molar refractivity (Wildman–Crippen MR) is 92.2 cm³/mol. The van der Waals surface area contributed by atoms with Crippen molar-refractivity contribution in [2.75, 3.05) is 25.0 Å². The quantitative estimate of drug-likeness (QED) is 0.846. The third-order valence-electron chi connectivity index (χ3n) is 4.30. The van der Waals surface area contributed by atoms with Crippen molar-refractivity contribution in [2.24, 2.45) is 0 Å². The van der Waals surface area contributed by atoms with Gasteiger partial charge in [0.1, 0.15) is 11.9 Å². The van der Waals surface area contributed by atoms with Crippen LogP contribution in [0.15, 0.2) is 24.9 Å². The van der Waals surface area contributed by atoms with E-state index < -0.39 is 5.60 Å². The van der Waals surface area contributed by atoms with Gasteiger partial charge < -0.3 is 14.5 Å². The van der Waals surface area contributed by atoms with E-state index in [9.17, 15) is 4.79 Å². The Morgan fingerprint density at radius 3 is 2.67 bits per heavy atom. The van der Waals surface area contributed by atoms with Crippen LogP contribution in [-0.4, -0.2) is 57.1 Å². The number of anilines is 1. The monoisotopic (exact) mass is 331 g/mol. The molecule has 1 aliphatic heterocycles. The van der Waals surface area contributed by atoms with E-state index in [2.05, 4.69) is 14.9 Å². The van der Waals surface area contributed by atoms with Gasteiger partial charge in [-0.2, -0.15) is 0 Å². The predicted octanol–water partition coefficient (Wildman–Crippen LogP) is 2.57. The first-order valence-corrected chi connectivity index (χ1v) is 8.32. The van der Waals surface area contributed by atoms with Crippen LogP contribution in [0.3, 0.4) is 0 Å². The van der Waals surface area contributed by atoms with E-state index in [1.807, 2.05) is 44.6 Å². The van der Waals surface area contributed by atoms with Crippen LogP contribution in [0.25, 0.3) is 5.65 Å². The molecule has 0 bridgehead atoms. The van der Waals surface area contributed by atoms with Gasteiger partial charge in [0.2, 0.25) is 0 Å². The molecule has 24 heavy (non-hydrogen) atoms. The Balaban J connectivity index is 1.59. The fraction of sp³-hybridized carbons (Fsp3) is 0.588. The number of aromatic nitrogens is 3. The molecule has 3 rings (SSSR count). The van der Waals surface area contributed by atoms with Gasteiger partial charge in [0, 0.05) is 32.4 Å². The van der Waals surface area contributed by atoms with Crippen molar-refractivity contribution in [3.05, 3.63) is 24.9 Å². The van der Waals surface area contributed by atoms with E-state index >= 15 is 0 Å². The molecule has 0 aromatic carbocycles. The van der Waals surface area contributed by atoms with Gasteiger partial charge in [-0.1, -0.05) is 0 Å². The van der Waals surface area contributed by atoms with Crippen LogP contribution < -0.4 is 4.90 Å². The summed E-state index contributed by atoms with van der Waals surface area (Å²) in [6, 6.07) is 0.209. The van der Waals surface area contributed by atoms with Crippen LogP contribution in [0.4, 0.5) is 10.5 Å². The van der Waals surface area contributed by atoms with Gasteiger partial charge in [-0.3, -0.25) is 4.40 Å². The van der Waals surface area contributed by atoms with Gasteiger partial charge in [0.15, 0.2) is 5.65 Å². The summed E-state index contributed by atoms with van der Waals surface area (Å²) >= 11 is 0. The minimum Gasteiger partial charge on any atom is -0.444 e. The minimum absolute atomic E-state index is 0.209. The van der Waals surface area contributed by atoms with Crippen LogP contribution in [0.2, 0.25) is 0 Å². The molecule has 1 fully saturated rings. The Bertz CT molecular complexity index is 713. The molecule has 2 aromatic rings. The second kappa shape index (κ2) is 6.30. The standard InChI is InChI=1S/C17H25N5O2/c1-17(2,3)24-16(23)20(4)13-5-7-21(8-6-13)14-9-19-15-10-18-12-22(15)11-14/h9-13H,5-8H2,1-4H3. The van der Waals surface area contributed by atoms with Crippen molar-refractivity contribution in [1.29, 1.82) is 0 Å². The molecule has 2 aromatic heterocycles. The average molecular weight is 331 g/mol. The van der Waals surface area contributed by atoms with Crippen molar-refractivity contribution in [3.8, 4) is 0 Å². The molecular formula is C17H25N5O2. The third-order valence-corrected chi connectivity index (χ3v) is 4.30. The summed E-state index contributed by atoms with van der Waals surface area (Å²) in [7, 11) is 1.83. The molecule has 0 saturated carbocycles. The Kier molecular flexibility index (Phi) is 4.34. The molecular weight excluding hydrogens is 306 g/mol. The first-order valence-electron chi connectivity index (χ1n) is 8.32. The van der Waals surface area contributed by atoms with Crippen LogP contribution in [-0.2, 0) is 4.74 Å². The van der Waals surface area contributed by atoms with Gasteiger partial charge >= 0.3 is 6.09 Å². The maximum atomic E-state index is 12.2. The number of fused-ring (bicyclic) bond motifs is 1. The highest BCUT2D eigenvalue weighted by atomic mass is 16.6. The second-order valence-electron chi connectivity index (χ2n) is 7.28. The molecule has 0 atom stereocenters. The lowest BCUT2D eigenvalue weighted by Gasteiger charge is -2.38. The van der Waals surface area contributed by atoms with Crippen molar-refractivity contribution >= 4 is 17.4 Å². The number of hydrogen-bond acceptors (Lipinski definition) is 5. The normalized spacial score (nSPS) is 16.4. The van der Waals surface area contributed by atoms with Gasteiger partial charge in [-0.05, 0) is 33.6 Å². The topological polar surface area (TPSA) is 63.0 Å². The number of carbonyl (C=O) groups excluding carboxylic acids is 1. The molecule has 0 aliphatic carbocycles. The molecule has 7 heteroatoms. The zero-order chi connectivity index (χ0) is 17.3. The zero-order valence-electron chi connectivity index (χ0n) is 14.8. The number of piperidine rings is 1. The van der Waals surface area contributed by atoms with Crippen LogP contribution in [0, 0.1) is 0 Å². The summed E-state index contributed by atoms with van der Waals surface area (Å²) in [4.78, 5) is 24.7. The molecule has 1 saturated heterocycles. The Morgan fingerprint density at radius 1 is 1.29 bits per heavy atom. The lowest BCUT2D eigenvalue weighted by molar-refractivity contribution is 0.0201. The number of amides is 1. The van der Waals surface area contributed by atoms with E-state index in [1.54, 1.807) is 17.4 Å². The van der Waals surface area contributed by atoms with Crippen molar-refractivity contribution in [2.45, 2.75) is 45.3 Å².